The molecule has 5 rings (SSSR count). The van der Waals surface area contributed by atoms with Gasteiger partial charge in [0.25, 0.3) is 0 Å². The molecule has 0 aromatic heterocycles. The number of nitrogens with zero attached hydrogens (tertiary/aromatic N) is 2. The number of carbonyl (C=O) groups is 6. The highest BCUT2D eigenvalue weighted by Crippen LogP contribution is 2.57. The van der Waals surface area contributed by atoms with Crippen molar-refractivity contribution in [3.05, 3.63) is 82.9 Å². The van der Waals surface area contributed by atoms with E-state index in [0.29, 0.717) is 40.8 Å². The average molecular weight is 819 g/mol. The van der Waals surface area contributed by atoms with E-state index in [1.54, 1.807) is 52.0 Å². The van der Waals surface area contributed by atoms with Gasteiger partial charge in [-0.25, -0.2) is 19.2 Å². The van der Waals surface area contributed by atoms with Crippen LogP contribution in [-0.2, 0) is 34.2 Å². The van der Waals surface area contributed by atoms with Crippen LogP contribution in [0.4, 0.5) is 15.3 Å². The number of anilines is 1. The third-order valence-corrected chi connectivity index (χ3v) is 10.6. The van der Waals surface area contributed by atoms with Crippen molar-refractivity contribution in [3.63, 3.8) is 0 Å². The first kappa shape index (κ1) is 43.4. The standard InChI is InChI=1S/C42H50N4O11S/c1-9-35(47)58-24-32(36(48)44-31(38(50)53-8)16-12-13-21-43-39(51)57-41(2,3)4)46(7)40(52)54-26-18-20-30-34(23-26)55-33-22-25(45(5)6)17-19-29(33)42(30)28-15-11-10-14-27(28)37(49)56-42/h10-11,14-15,17-20,22-23,31-32H,9,12-13,16,21,24H2,1-8H3,(H,43,51)(H,44,48)/t31?,32-,42?/m0/s1. The number of hydrogen-bond acceptors (Lipinski definition) is 13. The fourth-order valence-electron chi connectivity index (χ4n) is 6.56. The van der Waals surface area contributed by atoms with Crippen molar-refractivity contribution in [1.29, 1.82) is 0 Å². The number of alkyl carbamates (subject to hydrolysis) is 1. The van der Waals surface area contributed by atoms with Crippen molar-refractivity contribution in [1.82, 2.24) is 15.5 Å². The van der Waals surface area contributed by atoms with Crippen LogP contribution < -0.4 is 25.0 Å². The van der Waals surface area contributed by atoms with Crippen LogP contribution in [0, 0.1) is 0 Å². The first-order valence-electron chi connectivity index (χ1n) is 18.9. The van der Waals surface area contributed by atoms with Crippen LogP contribution >= 0.6 is 11.8 Å². The molecule has 3 atom stereocenters. The molecule has 2 aliphatic heterocycles. The number of fused-ring (bicyclic) bond motifs is 6. The number of unbranched alkanes of at least 4 members (excludes halogenated alkanes) is 1. The quantitative estimate of drug-likeness (QED) is 0.108. The molecule has 58 heavy (non-hydrogen) atoms. The number of hydrogen-bond donors (Lipinski definition) is 2. The maximum atomic E-state index is 13.8. The summed E-state index contributed by atoms with van der Waals surface area (Å²) in [5.41, 5.74) is 1.06. The van der Waals surface area contributed by atoms with Gasteiger partial charge in [0.1, 0.15) is 34.9 Å². The van der Waals surface area contributed by atoms with Gasteiger partial charge in [0.15, 0.2) is 10.7 Å². The molecule has 3 aromatic rings. The molecule has 0 fully saturated rings. The summed E-state index contributed by atoms with van der Waals surface area (Å²) in [6, 6.07) is 15.2. The molecule has 310 valence electrons. The molecule has 0 saturated carbocycles. The molecular weight excluding hydrogens is 769 g/mol. The van der Waals surface area contributed by atoms with E-state index in [-0.39, 0.29) is 41.8 Å². The Labute approximate surface area is 342 Å². The Bertz CT molecular complexity index is 2070. The monoisotopic (exact) mass is 818 g/mol. The lowest BCUT2D eigenvalue weighted by molar-refractivity contribution is -0.145. The van der Waals surface area contributed by atoms with Crippen molar-refractivity contribution in [2.75, 3.05) is 45.5 Å². The fourth-order valence-corrected chi connectivity index (χ4v) is 7.48. The highest BCUT2D eigenvalue weighted by atomic mass is 32.2. The van der Waals surface area contributed by atoms with E-state index in [1.165, 1.54) is 20.2 Å². The van der Waals surface area contributed by atoms with Crippen LogP contribution in [0.2, 0.25) is 0 Å². The van der Waals surface area contributed by atoms with E-state index in [2.05, 4.69) is 10.6 Å². The van der Waals surface area contributed by atoms with Gasteiger partial charge in [-0.05, 0) is 70.4 Å². The van der Waals surface area contributed by atoms with E-state index < -0.39 is 53.3 Å². The van der Waals surface area contributed by atoms with Gasteiger partial charge in [0, 0.05) is 74.4 Å². The van der Waals surface area contributed by atoms with E-state index >= 15 is 0 Å². The number of carbonyl (C=O) groups excluding carboxylic acids is 6. The zero-order valence-corrected chi connectivity index (χ0v) is 34.8. The van der Waals surface area contributed by atoms with Crippen LogP contribution in [0.15, 0.2) is 60.7 Å². The molecule has 0 saturated heterocycles. The Morgan fingerprint density at radius 1 is 0.914 bits per heavy atom. The second-order valence-corrected chi connectivity index (χ2v) is 16.1. The number of amides is 3. The summed E-state index contributed by atoms with van der Waals surface area (Å²) in [4.78, 5) is 80.9. The molecule has 2 unspecified atom stereocenters. The van der Waals surface area contributed by atoms with Gasteiger partial charge in [0.05, 0.1) is 12.7 Å². The van der Waals surface area contributed by atoms with E-state index in [0.717, 1.165) is 22.3 Å². The molecule has 3 amide bonds. The van der Waals surface area contributed by atoms with Gasteiger partial charge in [-0.1, -0.05) is 36.9 Å². The van der Waals surface area contributed by atoms with Crippen molar-refractivity contribution in [2.24, 2.45) is 0 Å². The lowest BCUT2D eigenvalue weighted by Gasteiger charge is -2.37. The fraction of sp³-hybridized carbons (Fsp3) is 0.429. The lowest BCUT2D eigenvalue weighted by Crippen LogP contribution is -2.54. The molecule has 16 heteroatoms. The SMILES string of the molecule is CCC(=O)SC[C@@H](C(=O)NC(CCCCNC(=O)OC(C)(C)C)C(=O)OC)N(C)C(=O)Oc1ccc2c(c1)Oc1cc(N(C)C)ccc1C21OC(=O)c2ccccc21. The maximum absolute atomic E-state index is 13.8. The number of nitrogens with one attached hydrogen (secondary N) is 2. The Morgan fingerprint density at radius 2 is 1.60 bits per heavy atom. The van der Waals surface area contributed by atoms with E-state index in [9.17, 15) is 28.8 Å². The average Bonchev–Trinajstić information content (AvgIpc) is 3.47. The molecular formula is C42H50N4O11S. The molecule has 2 N–H and O–H groups in total. The molecule has 1 spiro atoms. The summed E-state index contributed by atoms with van der Waals surface area (Å²) < 4.78 is 28.6. The molecule has 3 aromatic carbocycles. The van der Waals surface area contributed by atoms with Crippen LogP contribution in [0.3, 0.4) is 0 Å². The van der Waals surface area contributed by atoms with Crippen LogP contribution in [0.1, 0.15) is 80.4 Å². The van der Waals surface area contributed by atoms with Crippen LogP contribution in [-0.4, -0.2) is 98.3 Å². The van der Waals surface area contributed by atoms with E-state index in [4.69, 9.17) is 23.7 Å². The first-order valence-corrected chi connectivity index (χ1v) is 19.9. The highest BCUT2D eigenvalue weighted by molar-refractivity contribution is 8.13. The summed E-state index contributed by atoms with van der Waals surface area (Å²) in [6.07, 6.45) is -0.220. The number of thioether (sulfide) groups is 1. The molecule has 2 aliphatic rings. The summed E-state index contributed by atoms with van der Waals surface area (Å²) >= 11 is 0.875. The third kappa shape index (κ3) is 9.67. The second kappa shape index (κ2) is 18.2. The summed E-state index contributed by atoms with van der Waals surface area (Å²) in [5, 5.41) is 5.13. The molecule has 0 aliphatic carbocycles. The summed E-state index contributed by atoms with van der Waals surface area (Å²) in [5.74, 6) is -1.22. The Morgan fingerprint density at radius 3 is 2.28 bits per heavy atom. The highest BCUT2D eigenvalue weighted by Gasteiger charge is 2.53. The van der Waals surface area contributed by atoms with Gasteiger partial charge >= 0.3 is 24.1 Å². The minimum absolute atomic E-state index is 0.0689. The molecule has 0 radical (unpaired) electrons. The van der Waals surface area contributed by atoms with Gasteiger partial charge < -0.3 is 39.2 Å². The van der Waals surface area contributed by atoms with Crippen LogP contribution in [0.5, 0.6) is 17.2 Å². The lowest BCUT2D eigenvalue weighted by atomic mass is 9.77. The number of benzene rings is 3. The molecule has 0 bridgehead atoms. The number of ether oxygens (including phenoxy) is 5. The minimum atomic E-state index is -1.34. The Kier molecular flexibility index (Phi) is 13.6. The zero-order valence-electron chi connectivity index (χ0n) is 34.0. The number of rotatable bonds is 14. The topological polar surface area (TPSA) is 179 Å². The van der Waals surface area contributed by atoms with Gasteiger partial charge in [-0.3, -0.25) is 14.5 Å². The normalized spacial score (nSPS) is 16.0. The van der Waals surface area contributed by atoms with E-state index in [1.807, 2.05) is 49.3 Å². The number of methoxy groups -OCH3 is 1. The van der Waals surface area contributed by atoms with Gasteiger partial charge in [0.2, 0.25) is 5.91 Å². The second-order valence-electron chi connectivity index (χ2n) is 15.0. The zero-order chi connectivity index (χ0) is 42.4. The Hall–Kier alpha value is -5.77. The van der Waals surface area contributed by atoms with Crippen molar-refractivity contribution < 1.29 is 52.5 Å². The number of likely N-dealkylation sites (N-methyl/N-ethyl adjacent to an activating group) is 1. The van der Waals surface area contributed by atoms with Crippen molar-refractivity contribution in [2.45, 2.75) is 76.7 Å². The Balaban J connectivity index is 1.35. The largest absolute Gasteiger partial charge is 0.467 e. The third-order valence-electron chi connectivity index (χ3n) is 9.53. The van der Waals surface area contributed by atoms with Crippen LogP contribution in [0.25, 0.3) is 0 Å². The summed E-state index contributed by atoms with van der Waals surface area (Å²) in [6.45, 7) is 7.22. The van der Waals surface area contributed by atoms with Crippen molar-refractivity contribution >= 4 is 52.6 Å². The van der Waals surface area contributed by atoms with Gasteiger partial charge in [-0.2, -0.15) is 0 Å². The maximum Gasteiger partial charge on any atom is 0.415 e. The first-order chi connectivity index (χ1) is 27.5. The smallest absolute Gasteiger partial charge is 0.415 e. The van der Waals surface area contributed by atoms with Crippen molar-refractivity contribution in [3.8, 4) is 17.2 Å². The molecule has 15 nitrogen and oxygen atoms in total. The van der Waals surface area contributed by atoms with Gasteiger partial charge in [-0.15, -0.1) is 0 Å². The number of esters is 2. The predicted octanol–water partition coefficient (Wildman–Crippen LogP) is 6.14. The molecule has 2 heterocycles. The minimum Gasteiger partial charge on any atom is -0.467 e. The summed E-state index contributed by atoms with van der Waals surface area (Å²) in [7, 11) is 6.34. The predicted molar refractivity (Wildman–Crippen MR) is 216 cm³/mol.